The van der Waals surface area contributed by atoms with Gasteiger partial charge in [0, 0.05) is 45.0 Å². The summed E-state index contributed by atoms with van der Waals surface area (Å²) >= 11 is 0. The van der Waals surface area contributed by atoms with Gasteiger partial charge in [0.15, 0.2) is 5.78 Å². The molecule has 0 atom stereocenters. The molecule has 0 spiro atoms. The molecule has 0 radical (unpaired) electrons. The van der Waals surface area contributed by atoms with Gasteiger partial charge in [0.1, 0.15) is 0 Å². The number of nitrogens with zero attached hydrogens (tertiary/aromatic N) is 3. The Morgan fingerprint density at radius 1 is 1.29 bits per heavy atom. The molecule has 4 nitrogen and oxygen atoms in total. The first-order valence-electron chi connectivity index (χ1n) is 7.55. The number of rotatable bonds is 4. The molecule has 0 amide bonds. The lowest BCUT2D eigenvalue weighted by Crippen LogP contribution is -2.44. The van der Waals surface area contributed by atoms with E-state index in [9.17, 15) is 4.79 Å². The van der Waals surface area contributed by atoms with E-state index in [2.05, 4.69) is 29.5 Å². The minimum Gasteiger partial charge on any atom is -0.368 e. The third kappa shape index (κ3) is 3.64. The van der Waals surface area contributed by atoms with Crippen LogP contribution in [0.4, 0.5) is 0 Å². The molecular weight excluding hydrogens is 262 g/mol. The Morgan fingerprint density at radius 2 is 1.95 bits per heavy atom. The van der Waals surface area contributed by atoms with Crippen LogP contribution in [0.2, 0.25) is 0 Å². The van der Waals surface area contributed by atoms with Crippen molar-refractivity contribution in [3.05, 3.63) is 48.1 Å². The summed E-state index contributed by atoms with van der Waals surface area (Å²) in [5, 5.41) is 0. The van der Waals surface area contributed by atoms with E-state index in [1.807, 2.05) is 30.2 Å². The topological polar surface area (TPSA) is 26.8 Å². The summed E-state index contributed by atoms with van der Waals surface area (Å²) in [6.45, 7) is 11.9. The van der Waals surface area contributed by atoms with Crippen LogP contribution < -0.4 is 0 Å². The lowest BCUT2D eigenvalue weighted by Gasteiger charge is -2.37. The first-order chi connectivity index (χ1) is 10.0. The number of ketones is 1. The maximum atomic E-state index is 11.9. The highest BCUT2D eigenvalue weighted by atomic mass is 16.1. The van der Waals surface area contributed by atoms with Crippen molar-refractivity contribution in [2.75, 3.05) is 33.2 Å². The van der Waals surface area contributed by atoms with Gasteiger partial charge >= 0.3 is 0 Å². The predicted molar refractivity (Wildman–Crippen MR) is 86.3 cm³/mol. The molecule has 0 unspecified atom stereocenters. The van der Waals surface area contributed by atoms with E-state index in [-0.39, 0.29) is 5.78 Å². The second-order valence-corrected chi connectivity index (χ2v) is 5.59. The molecule has 2 aliphatic heterocycles. The number of Topliss-reactive ketones (excluding diaryl/α,β-unsaturated/α-hetero) is 1. The zero-order valence-electron chi connectivity index (χ0n) is 13.3. The van der Waals surface area contributed by atoms with E-state index in [1.165, 1.54) is 0 Å². The first kappa shape index (κ1) is 15.6. The van der Waals surface area contributed by atoms with Gasteiger partial charge in [-0.25, -0.2) is 0 Å². The lowest BCUT2D eigenvalue weighted by atomic mass is 10.1. The Bertz CT molecular complexity index is 508. The van der Waals surface area contributed by atoms with Crippen LogP contribution in [0, 0.1) is 0 Å². The molecule has 0 saturated carbocycles. The van der Waals surface area contributed by atoms with Gasteiger partial charge in [-0.2, -0.15) is 0 Å². The van der Waals surface area contributed by atoms with E-state index in [1.54, 1.807) is 6.92 Å². The summed E-state index contributed by atoms with van der Waals surface area (Å²) in [7, 11) is 2.15. The first-order valence-corrected chi connectivity index (χ1v) is 7.55. The highest BCUT2D eigenvalue weighted by molar-refractivity contribution is 5.93. The Labute approximate surface area is 127 Å². The fraction of sp³-hybridized carbons (Fsp3) is 0.471. The van der Waals surface area contributed by atoms with Crippen LogP contribution in [0.25, 0.3) is 0 Å². The van der Waals surface area contributed by atoms with Crippen LogP contribution in [0.1, 0.15) is 20.3 Å². The highest BCUT2D eigenvalue weighted by Gasteiger charge is 2.21. The molecule has 0 aromatic rings. The van der Waals surface area contributed by atoms with Gasteiger partial charge in [0.2, 0.25) is 0 Å². The Balaban J connectivity index is 2.22. The molecule has 2 rings (SSSR count). The molecule has 4 heteroatoms. The molecule has 0 aliphatic carbocycles. The van der Waals surface area contributed by atoms with E-state index in [0.29, 0.717) is 5.70 Å². The average molecular weight is 287 g/mol. The third-order valence-corrected chi connectivity index (χ3v) is 3.90. The van der Waals surface area contributed by atoms with Crippen molar-refractivity contribution in [1.29, 1.82) is 0 Å². The van der Waals surface area contributed by atoms with Crippen LogP contribution in [-0.2, 0) is 4.79 Å². The molecule has 1 saturated heterocycles. The SMILES string of the molecule is C=C1C=CC(N2CCN(C)CC2)=CN1/C(=C\CC)C(C)=O. The van der Waals surface area contributed by atoms with Gasteiger partial charge in [-0.3, -0.25) is 4.79 Å². The Kier molecular flexibility index (Phi) is 5.02. The van der Waals surface area contributed by atoms with Crippen molar-refractivity contribution in [3.8, 4) is 0 Å². The number of likely N-dealkylation sites (N-methyl/N-ethyl adjacent to an activating group) is 1. The highest BCUT2D eigenvalue weighted by Crippen LogP contribution is 2.24. The van der Waals surface area contributed by atoms with Crippen molar-refractivity contribution in [1.82, 2.24) is 14.7 Å². The van der Waals surface area contributed by atoms with Gasteiger partial charge in [-0.1, -0.05) is 19.6 Å². The smallest absolute Gasteiger partial charge is 0.176 e. The molecule has 2 aliphatic rings. The van der Waals surface area contributed by atoms with Crippen LogP contribution in [-0.4, -0.2) is 53.7 Å². The summed E-state index contributed by atoms with van der Waals surface area (Å²) in [6.07, 6.45) is 8.91. The van der Waals surface area contributed by atoms with Crippen LogP contribution in [0.5, 0.6) is 0 Å². The molecule has 0 N–H and O–H groups in total. The summed E-state index contributed by atoms with van der Waals surface area (Å²) in [5.74, 6) is 0.0716. The van der Waals surface area contributed by atoms with Gasteiger partial charge in [0.25, 0.3) is 0 Å². The molecule has 21 heavy (non-hydrogen) atoms. The molecule has 0 aromatic heterocycles. The quantitative estimate of drug-likeness (QED) is 0.742. The predicted octanol–water partition coefficient (Wildman–Crippen LogP) is 2.34. The fourth-order valence-corrected chi connectivity index (χ4v) is 2.60. The monoisotopic (exact) mass is 287 g/mol. The summed E-state index contributed by atoms with van der Waals surface area (Å²) in [4.78, 5) is 18.5. The third-order valence-electron chi connectivity index (χ3n) is 3.90. The van der Waals surface area contributed by atoms with Crippen LogP contribution >= 0.6 is 0 Å². The van der Waals surface area contributed by atoms with Crippen molar-refractivity contribution in [2.24, 2.45) is 0 Å². The Morgan fingerprint density at radius 3 is 2.52 bits per heavy atom. The summed E-state index contributed by atoms with van der Waals surface area (Å²) in [5.41, 5.74) is 2.69. The molecule has 114 valence electrons. The molecule has 2 heterocycles. The normalized spacial score (nSPS) is 20.8. The largest absolute Gasteiger partial charge is 0.368 e. The fourth-order valence-electron chi connectivity index (χ4n) is 2.60. The second-order valence-electron chi connectivity index (χ2n) is 5.59. The van der Waals surface area contributed by atoms with Crippen molar-refractivity contribution in [2.45, 2.75) is 20.3 Å². The number of hydrogen-bond acceptors (Lipinski definition) is 4. The standard InChI is InChI=1S/C17H25N3O/c1-5-6-17(15(3)21)20-13-16(8-7-14(20)2)19-11-9-18(4)10-12-19/h6-8,13H,2,5,9-12H2,1,3-4H3/b17-6-. The maximum Gasteiger partial charge on any atom is 0.176 e. The number of piperazine rings is 1. The summed E-state index contributed by atoms with van der Waals surface area (Å²) in [6, 6.07) is 0. The van der Waals surface area contributed by atoms with Crippen molar-refractivity contribution in [3.63, 3.8) is 0 Å². The average Bonchev–Trinajstić information content (AvgIpc) is 2.46. The second kappa shape index (κ2) is 6.76. The molecule has 0 aromatic carbocycles. The van der Waals surface area contributed by atoms with Crippen molar-refractivity contribution >= 4 is 5.78 Å². The number of carbonyl (C=O) groups excluding carboxylic acids is 1. The maximum absolute atomic E-state index is 11.9. The number of allylic oxidation sites excluding steroid dienone is 4. The molecule has 0 bridgehead atoms. The molecular formula is C17H25N3O. The van der Waals surface area contributed by atoms with Crippen molar-refractivity contribution < 1.29 is 4.79 Å². The Hall–Kier alpha value is -1.81. The lowest BCUT2D eigenvalue weighted by molar-refractivity contribution is -0.114. The van der Waals surface area contributed by atoms with E-state index < -0.39 is 0 Å². The van der Waals surface area contributed by atoms with E-state index in [0.717, 1.165) is 44.0 Å². The minimum atomic E-state index is 0.0716. The van der Waals surface area contributed by atoms with Gasteiger partial charge in [-0.05, 0) is 25.6 Å². The zero-order chi connectivity index (χ0) is 15.4. The number of carbonyl (C=O) groups is 1. The summed E-state index contributed by atoms with van der Waals surface area (Å²) < 4.78 is 0. The zero-order valence-corrected chi connectivity index (χ0v) is 13.3. The molecule has 1 fully saturated rings. The number of hydrogen-bond donors (Lipinski definition) is 0. The van der Waals surface area contributed by atoms with Crippen LogP contribution in [0.3, 0.4) is 0 Å². The van der Waals surface area contributed by atoms with E-state index in [4.69, 9.17) is 0 Å². The minimum absolute atomic E-state index is 0.0716. The van der Waals surface area contributed by atoms with Gasteiger partial charge in [0.05, 0.1) is 11.4 Å². The van der Waals surface area contributed by atoms with Gasteiger partial charge in [-0.15, -0.1) is 0 Å². The van der Waals surface area contributed by atoms with E-state index >= 15 is 0 Å². The van der Waals surface area contributed by atoms with Gasteiger partial charge < -0.3 is 14.7 Å². The van der Waals surface area contributed by atoms with Crippen LogP contribution in [0.15, 0.2) is 48.1 Å².